The predicted molar refractivity (Wildman–Crippen MR) is 321 cm³/mol. The molecule has 436 valence electrons. The molecule has 0 fully saturated rings. The maximum absolute atomic E-state index is 12.9. The molecular weight excluding hydrogens is 913 g/mol. The number of ether oxygens (including phenoxy) is 3. The van der Waals surface area contributed by atoms with E-state index in [1.165, 1.54) is 257 Å². The van der Waals surface area contributed by atoms with Crippen LogP contribution in [0.25, 0.3) is 0 Å². The van der Waals surface area contributed by atoms with E-state index in [1.54, 1.807) is 0 Å². The van der Waals surface area contributed by atoms with Crippen molar-refractivity contribution in [2.75, 3.05) is 13.2 Å². The fourth-order valence-electron chi connectivity index (χ4n) is 10.2. The highest BCUT2D eigenvalue weighted by Gasteiger charge is 2.19. The van der Waals surface area contributed by atoms with Crippen LogP contribution in [0.2, 0.25) is 0 Å². The maximum atomic E-state index is 12.9. The third-order valence-electron chi connectivity index (χ3n) is 15.2. The van der Waals surface area contributed by atoms with E-state index in [1.807, 2.05) is 0 Å². The summed E-state index contributed by atoms with van der Waals surface area (Å²) in [6.45, 7) is 6.69. The van der Waals surface area contributed by atoms with Crippen LogP contribution >= 0.6 is 0 Å². The number of unbranched alkanes of at least 4 members (excludes halogenated alkanes) is 47. The summed E-state index contributed by atoms with van der Waals surface area (Å²) in [4.78, 5) is 38.3. The number of carbonyl (C=O) groups is 3. The zero-order chi connectivity index (χ0) is 53.6. The van der Waals surface area contributed by atoms with Gasteiger partial charge in [0.2, 0.25) is 0 Å². The molecule has 0 aromatic heterocycles. The topological polar surface area (TPSA) is 78.9 Å². The van der Waals surface area contributed by atoms with Crippen LogP contribution in [0.15, 0.2) is 24.3 Å². The summed E-state index contributed by atoms with van der Waals surface area (Å²) >= 11 is 0. The van der Waals surface area contributed by atoms with Gasteiger partial charge in [-0.15, -0.1) is 0 Å². The highest BCUT2D eigenvalue weighted by Crippen LogP contribution is 2.18. The second-order valence-corrected chi connectivity index (χ2v) is 22.7. The van der Waals surface area contributed by atoms with Crippen molar-refractivity contribution in [1.29, 1.82) is 0 Å². The van der Waals surface area contributed by atoms with Crippen LogP contribution in [0, 0.1) is 0 Å². The highest BCUT2D eigenvalue weighted by atomic mass is 16.6. The molecule has 0 aromatic carbocycles. The summed E-state index contributed by atoms with van der Waals surface area (Å²) in [5.41, 5.74) is 0. The highest BCUT2D eigenvalue weighted by molar-refractivity contribution is 5.71. The van der Waals surface area contributed by atoms with E-state index < -0.39 is 6.10 Å². The number of esters is 3. The van der Waals surface area contributed by atoms with Gasteiger partial charge in [0.05, 0.1) is 0 Å². The van der Waals surface area contributed by atoms with Crippen LogP contribution in [-0.2, 0) is 28.6 Å². The minimum Gasteiger partial charge on any atom is -0.462 e. The molecule has 1 atom stereocenters. The lowest BCUT2D eigenvalue weighted by atomic mass is 10.0. The molecule has 6 nitrogen and oxygen atoms in total. The van der Waals surface area contributed by atoms with Gasteiger partial charge < -0.3 is 14.2 Å². The van der Waals surface area contributed by atoms with E-state index in [0.717, 1.165) is 77.0 Å². The molecule has 0 rings (SSSR count). The number of carbonyl (C=O) groups excluding carboxylic acids is 3. The van der Waals surface area contributed by atoms with Crippen molar-refractivity contribution in [3.05, 3.63) is 24.3 Å². The summed E-state index contributed by atoms with van der Waals surface area (Å²) in [6, 6.07) is 0. The summed E-state index contributed by atoms with van der Waals surface area (Å²) in [6.07, 6.45) is 76.2. The average molecular weight is 1040 g/mol. The van der Waals surface area contributed by atoms with Gasteiger partial charge in [0, 0.05) is 19.3 Å². The fraction of sp³-hybridized carbons (Fsp3) is 0.897. The summed E-state index contributed by atoms with van der Waals surface area (Å²) in [5.74, 6) is -0.855. The molecule has 0 saturated heterocycles. The standard InChI is InChI=1S/C68H128O6/c1-4-7-10-13-16-19-22-25-28-31-32-33-34-35-36-37-38-41-43-46-49-52-55-58-61-67(70)73-64-65(74-68(71)62-59-56-53-50-47-44-40-30-27-24-21-18-15-12-9-6-3)63-72-66(69)60-57-54-51-48-45-42-39-29-26-23-20-17-14-11-8-5-2/h21,24,30,40,65H,4-20,22-23,25-29,31-39,41-64H2,1-3H3/b24-21-,40-30-. The van der Waals surface area contributed by atoms with Crippen LogP contribution < -0.4 is 0 Å². The molecular formula is C68H128O6. The van der Waals surface area contributed by atoms with E-state index >= 15 is 0 Å². The van der Waals surface area contributed by atoms with Crippen molar-refractivity contribution in [2.24, 2.45) is 0 Å². The Hall–Kier alpha value is -2.11. The van der Waals surface area contributed by atoms with E-state index in [9.17, 15) is 14.4 Å². The molecule has 0 aromatic rings. The lowest BCUT2D eigenvalue weighted by Crippen LogP contribution is -2.30. The second-order valence-electron chi connectivity index (χ2n) is 22.7. The average Bonchev–Trinajstić information content (AvgIpc) is 3.40. The van der Waals surface area contributed by atoms with Crippen LogP contribution in [-0.4, -0.2) is 37.2 Å². The Morgan fingerprint density at radius 1 is 0.270 bits per heavy atom. The monoisotopic (exact) mass is 1040 g/mol. The van der Waals surface area contributed by atoms with E-state index in [4.69, 9.17) is 14.2 Å². The van der Waals surface area contributed by atoms with Crippen molar-refractivity contribution in [3.63, 3.8) is 0 Å². The van der Waals surface area contributed by atoms with Crippen molar-refractivity contribution in [1.82, 2.24) is 0 Å². The summed E-state index contributed by atoms with van der Waals surface area (Å²) in [7, 11) is 0. The summed E-state index contributed by atoms with van der Waals surface area (Å²) in [5, 5.41) is 0. The van der Waals surface area contributed by atoms with Gasteiger partial charge in [-0.05, 0) is 51.4 Å². The molecule has 0 aliphatic carbocycles. The smallest absolute Gasteiger partial charge is 0.306 e. The third kappa shape index (κ3) is 60.8. The molecule has 0 radical (unpaired) electrons. The van der Waals surface area contributed by atoms with Gasteiger partial charge in [-0.1, -0.05) is 328 Å². The minimum absolute atomic E-state index is 0.0709. The number of hydrogen-bond donors (Lipinski definition) is 0. The molecule has 0 aliphatic heterocycles. The Labute approximate surface area is 462 Å². The van der Waals surface area contributed by atoms with Gasteiger partial charge >= 0.3 is 17.9 Å². The zero-order valence-corrected chi connectivity index (χ0v) is 50.1. The van der Waals surface area contributed by atoms with Gasteiger partial charge in [-0.25, -0.2) is 0 Å². The van der Waals surface area contributed by atoms with Crippen molar-refractivity contribution in [3.8, 4) is 0 Å². The lowest BCUT2D eigenvalue weighted by Gasteiger charge is -2.18. The zero-order valence-electron chi connectivity index (χ0n) is 50.1. The van der Waals surface area contributed by atoms with Crippen LogP contribution in [0.5, 0.6) is 0 Å². The SMILES string of the molecule is CCCCCC/C=C\C/C=C\CCCCCCCC(=O)OC(COC(=O)CCCCCCCCCCCCCCCCCC)COC(=O)CCCCCCCCCCCCCCCCCCCCCCCCCC. The van der Waals surface area contributed by atoms with Gasteiger partial charge in [0.1, 0.15) is 13.2 Å². The molecule has 0 bridgehead atoms. The van der Waals surface area contributed by atoms with Crippen LogP contribution in [0.1, 0.15) is 374 Å². The van der Waals surface area contributed by atoms with Crippen molar-refractivity contribution < 1.29 is 28.6 Å². The van der Waals surface area contributed by atoms with E-state index in [-0.39, 0.29) is 31.1 Å². The number of hydrogen-bond acceptors (Lipinski definition) is 6. The predicted octanol–water partition coefficient (Wildman–Crippen LogP) is 22.6. The molecule has 1 unspecified atom stereocenters. The van der Waals surface area contributed by atoms with E-state index in [2.05, 4.69) is 45.1 Å². The van der Waals surface area contributed by atoms with Gasteiger partial charge in [0.15, 0.2) is 6.10 Å². The quantitative estimate of drug-likeness (QED) is 0.0261. The third-order valence-corrected chi connectivity index (χ3v) is 15.2. The van der Waals surface area contributed by atoms with Gasteiger partial charge in [-0.3, -0.25) is 14.4 Å². The first-order valence-corrected chi connectivity index (χ1v) is 33.3. The fourth-order valence-corrected chi connectivity index (χ4v) is 10.2. The lowest BCUT2D eigenvalue weighted by molar-refractivity contribution is -0.167. The van der Waals surface area contributed by atoms with Crippen molar-refractivity contribution >= 4 is 17.9 Å². The minimum atomic E-state index is -0.775. The second kappa shape index (κ2) is 63.4. The molecule has 6 heteroatoms. The molecule has 0 spiro atoms. The van der Waals surface area contributed by atoms with Crippen LogP contribution in [0.4, 0.5) is 0 Å². The Balaban J connectivity index is 4.26. The molecule has 0 aliphatic rings. The number of rotatable bonds is 62. The normalized spacial score (nSPS) is 12.1. The Bertz CT molecular complexity index is 1190. The Morgan fingerprint density at radius 2 is 0.486 bits per heavy atom. The largest absolute Gasteiger partial charge is 0.462 e. The van der Waals surface area contributed by atoms with Crippen LogP contribution in [0.3, 0.4) is 0 Å². The maximum Gasteiger partial charge on any atom is 0.306 e. The molecule has 0 heterocycles. The molecule has 0 saturated carbocycles. The Morgan fingerprint density at radius 3 is 0.757 bits per heavy atom. The van der Waals surface area contributed by atoms with Gasteiger partial charge in [-0.2, -0.15) is 0 Å². The molecule has 0 N–H and O–H groups in total. The molecule has 74 heavy (non-hydrogen) atoms. The number of allylic oxidation sites excluding steroid dienone is 4. The first-order chi connectivity index (χ1) is 36.5. The molecule has 0 amide bonds. The first-order valence-electron chi connectivity index (χ1n) is 33.3. The van der Waals surface area contributed by atoms with Gasteiger partial charge in [0.25, 0.3) is 0 Å². The van der Waals surface area contributed by atoms with Crippen molar-refractivity contribution in [2.45, 2.75) is 380 Å². The summed E-state index contributed by atoms with van der Waals surface area (Å²) < 4.78 is 17.0. The Kier molecular flexibility index (Phi) is 61.6. The van der Waals surface area contributed by atoms with E-state index in [0.29, 0.717) is 19.3 Å². The first kappa shape index (κ1) is 71.9.